The van der Waals surface area contributed by atoms with Crippen LogP contribution in [0.3, 0.4) is 0 Å². The second-order valence-electron chi connectivity index (χ2n) is 4.14. The highest BCUT2D eigenvalue weighted by Gasteiger charge is 2.25. The number of H-pyrrole nitrogens is 1. The molecule has 114 valence electrons. The van der Waals surface area contributed by atoms with Gasteiger partial charge in [-0.15, -0.1) is 0 Å². The molecule has 2 rings (SSSR count). The summed E-state index contributed by atoms with van der Waals surface area (Å²) in [7, 11) is -2.84. The van der Waals surface area contributed by atoms with Crippen molar-refractivity contribution in [3.05, 3.63) is 28.7 Å². The number of carbonyl (C=O) groups is 1. The molecule has 21 heavy (non-hydrogen) atoms. The van der Waals surface area contributed by atoms with E-state index in [4.69, 9.17) is 9.52 Å². The van der Waals surface area contributed by atoms with Gasteiger partial charge < -0.3 is 14.3 Å². The number of rotatable bonds is 6. The highest BCUT2D eigenvalue weighted by molar-refractivity contribution is 7.89. The Morgan fingerprint density at radius 2 is 2.24 bits per heavy atom. The lowest BCUT2D eigenvalue weighted by atomic mass is 10.3. The molecule has 1 atom stereocenters. The number of aromatic nitrogens is 1. The maximum absolute atomic E-state index is 12.1. The Kier molecular flexibility index (Phi) is 4.11. The third-order valence-electron chi connectivity index (χ3n) is 2.63. The predicted molar refractivity (Wildman–Crippen MR) is 70.5 cm³/mol. The molecule has 1 unspecified atom stereocenters. The number of ether oxygens (including phenoxy) is 1. The first-order valence-electron chi connectivity index (χ1n) is 5.70. The zero-order valence-electron chi connectivity index (χ0n) is 10.8. The third-order valence-corrected chi connectivity index (χ3v) is 4.10. The smallest absolute Gasteiger partial charge is 0.417 e. The first-order chi connectivity index (χ1) is 9.83. The van der Waals surface area contributed by atoms with Gasteiger partial charge in [-0.25, -0.2) is 13.2 Å². The van der Waals surface area contributed by atoms with E-state index in [2.05, 4.69) is 9.72 Å². The lowest BCUT2D eigenvalue weighted by Crippen LogP contribution is -2.43. The van der Waals surface area contributed by atoms with Gasteiger partial charge >= 0.3 is 11.7 Å². The standard InChI is InChI=1S/C11H12N2O7S/c1-19-5-8(10(14)15)13-21(17,18)6-2-3-7-9(4-6)20-11(16)12-7/h2-4,8,13H,5H2,1H3,(H,12,16)(H,14,15). The van der Waals surface area contributed by atoms with E-state index in [1.807, 2.05) is 4.72 Å². The zero-order chi connectivity index (χ0) is 15.6. The van der Waals surface area contributed by atoms with Crippen LogP contribution in [-0.2, 0) is 19.6 Å². The summed E-state index contributed by atoms with van der Waals surface area (Å²) in [5.74, 6) is -2.08. The van der Waals surface area contributed by atoms with Gasteiger partial charge in [0.2, 0.25) is 10.0 Å². The van der Waals surface area contributed by atoms with Crippen molar-refractivity contribution in [1.82, 2.24) is 9.71 Å². The van der Waals surface area contributed by atoms with Crippen LogP contribution < -0.4 is 10.5 Å². The van der Waals surface area contributed by atoms with Crippen LogP contribution in [0.4, 0.5) is 0 Å². The normalized spacial score (nSPS) is 13.4. The minimum Gasteiger partial charge on any atom is -0.480 e. The van der Waals surface area contributed by atoms with Crippen molar-refractivity contribution < 1.29 is 27.5 Å². The van der Waals surface area contributed by atoms with Gasteiger partial charge in [0, 0.05) is 13.2 Å². The summed E-state index contributed by atoms with van der Waals surface area (Å²) >= 11 is 0. The number of benzene rings is 1. The number of carboxylic acid groups (broad SMARTS) is 1. The molecule has 0 saturated heterocycles. The van der Waals surface area contributed by atoms with Gasteiger partial charge in [0.05, 0.1) is 17.0 Å². The molecule has 1 heterocycles. The summed E-state index contributed by atoms with van der Waals surface area (Å²) in [6, 6.07) is 2.28. The van der Waals surface area contributed by atoms with Gasteiger partial charge in [0.25, 0.3) is 0 Å². The summed E-state index contributed by atoms with van der Waals surface area (Å²) in [6.45, 7) is -0.323. The maximum Gasteiger partial charge on any atom is 0.417 e. The average Bonchev–Trinajstić information content (AvgIpc) is 2.76. The highest BCUT2D eigenvalue weighted by atomic mass is 32.2. The Hall–Kier alpha value is -2.17. The van der Waals surface area contributed by atoms with Crippen LogP contribution >= 0.6 is 0 Å². The Labute approximate surface area is 118 Å². The van der Waals surface area contributed by atoms with Gasteiger partial charge in [-0.2, -0.15) is 4.72 Å². The van der Waals surface area contributed by atoms with Crippen LogP contribution in [0.1, 0.15) is 0 Å². The van der Waals surface area contributed by atoms with Gasteiger partial charge in [0.1, 0.15) is 6.04 Å². The number of nitrogens with one attached hydrogen (secondary N) is 2. The Morgan fingerprint density at radius 3 is 2.86 bits per heavy atom. The maximum atomic E-state index is 12.1. The van der Waals surface area contributed by atoms with Crippen LogP contribution in [-0.4, -0.2) is 44.2 Å². The fourth-order valence-electron chi connectivity index (χ4n) is 1.67. The first kappa shape index (κ1) is 15.2. The topological polar surface area (TPSA) is 139 Å². The Morgan fingerprint density at radius 1 is 1.52 bits per heavy atom. The Bertz CT molecular complexity index is 820. The minimum absolute atomic E-state index is 0.0569. The highest BCUT2D eigenvalue weighted by Crippen LogP contribution is 2.16. The van der Waals surface area contributed by atoms with Gasteiger partial charge in [0.15, 0.2) is 5.58 Å². The van der Waals surface area contributed by atoms with Crippen molar-refractivity contribution in [3.8, 4) is 0 Å². The van der Waals surface area contributed by atoms with Crippen LogP contribution in [0.25, 0.3) is 11.1 Å². The molecule has 1 aromatic heterocycles. The second-order valence-corrected chi connectivity index (χ2v) is 5.85. The number of hydrogen-bond donors (Lipinski definition) is 3. The summed E-state index contributed by atoms with van der Waals surface area (Å²) in [6.07, 6.45) is 0. The van der Waals surface area contributed by atoms with Gasteiger partial charge in [-0.05, 0) is 12.1 Å². The molecule has 0 aliphatic heterocycles. The summed E-state index contributed by atoms with van der Waals surface area (Å²) in [5.41, 5.74) is 0.395. The predicted octanol–water partition coefficient (Wildman–Crippen LogP) is -0.501. The molecule has 0 saturated carbocycles. The molecule has 2 aromatic rings. The molecule has 0 aliphatic rings. The Balaban J connectivity index is 2.36. The fourth-order valence-corrected chi connectivity index (χ4v) is 2.86. The molecule has 0 bridgehead atoms. The number of aromatic amines is 1. The number of fused-ring (bicyclic) bond motifs is 1. The molecular formula is C11H12N2O7S. The molecule has 0 fully saturated rings. The van der Waals surface area contributed by atoms with Crippen molar-refractivity contribution in [3.63, 3.8) is 0 Å². The summed E-state index contributed by atoms with van der Waals surface area (Å²) in [4.78, 5) is 24.1. The van der Waals surface area contributed by atoms with E-state index in [1.54, 1.807) is 0 Å². The summed E-state index contributed by atoms with van der Waals surface area (Å²) < 4.78 is 35.6. The van der Waals surface area contributed by atoms with E-state index in [0.29, 0.717) is 5.52 Å². The molecule has 10 heteroatoms. The van der Waals surface area contributed by atoms with Crippen LogP contribution in [0, 0.1) is 0 Å². The lowest BCUT2D eigenvalue weighted by molar-refractivity contribution is -0.140. The van der Waals surface area contributed by atoms with Crippen molar-refractivity contribution in [1.29, 1.82) is 0 Å². The number of carboxylic acids is 1. The molecule has 0 spiro atoms. The second kappa shape index (κ2) is 5.68. The lowest BCUT2D eigenvalue weighted by Gasteiger charge is -2.13. The van der Waals surface area contributed by atoms with Crippen LogP contribution in [0.15, 0.2) is 32.3 Å². The minimum atomic E-state index is -4.10. The van der Waals surface area contributed by atoms with Crippen LogP contribution in [0.2, 0.25) is 0 Å². The van der Waals surface area contributed by atoms with Gasteiger partial charge in [-0.3, -0.25) is 9.78 Å². The molecule has 0 amide bonds. The van der Waals surface area contributed by atoms with Gasteiger partial charge in [-0.1, -0.05) is 0 Å². The summed E-state index contributed by atoms with van der Waals surface area (Å²) in [5, 5.41) is 8.92. The molecule has 9 nitrogen and oxygen atoms in total. The monoisotopic (exact) mass is 316 g/mol. The fraction of sp³-hybridized carbons (Fsp3) is 0.273. The molecule has 0 radical (unpaired) electrons. The van der Waals surface area contributed by atoms with Crippen LogP contribution in [0.5, 0.6) is 0 Å². The third kappa shape index (κ3) is 3.29. The number of sulfonamides is 1. The number of oxazole rings is 1. The molecule has 1 aromatic carbocycles. The van der Waals surface area contributed by atoms with E-state index >= 15 is 0 Å². The largest absolute Gasteiger partial charge is 0.480 e. The number of hydrogen-bond acceptors (Lipinski definition) is 6. The average molecular weight is 316 g/mol. The van der Waals surface area contributed by atoms with E-state index in [1.165, 1.54) is 19.2 Å². The number of methoxy groups -OCH3 is 1. The van der Waals surface area contributed by atoms with Crippen molar-refractivity contribution in [2.75, 3.05) is 13.7 Å². The van der Waals surface area contributed by atoms with E-state index in [9.17, 15) is 18.0 Å². The van der Waals surface area contributed by atoms with Crippen molar-refractivity contribution >= 4 is 27.1 Å². The first-order valence-corrected chi connectivity index (χ1v) is 7.19. The number of aliphatic carboxylic acids is 1. The molecular weight excluding hydrogens is 304 g/mol. The molecule has 0 aliphatic carbocycles. The van der Waals surface area contributed by atoms with E-state index < -0.39 is 27.8 Å². The SMILES string of the molecule is COCC(NS(=O)(=O)c1ccc2[nH]c(=O)oc2c1)C(=O)O. The van der Waals surface area contributed by atoms with Crippen molar-refractivity contribution in [2.45, 2.75) is 10.9 Å². The van der Waals surface area contributed by atoms with E-state index in [-0.39, 0.29) is 17.1 Å². The zero-order valence-corrected chi connectivity index (χ0v) is 11.6. The van der Waals surface area contributed by atoms with Crippen molar-refractivity contribution in [2.24, 2.45) is 0 Å². The van der Waals surface area contributed by atoms with E-state index in [0.717, 1.165) is 6.07 Å². The quantitative estimate of drug-likeness (QED) is 0.652. The molecule has 3 N–H and O–H groups in total.